The third-order valence-corrected chi connectivity index (χ3v) is 3.01. The fourth-order valence-corrected chi connectivity index (χ4v) is 1.72. The molecule has 0 aliphatic carbocycles. The Kier molecular flexibility index (Phi) is 8.36. The first-order chi connectivity index (χ1) is 7.79. The van der Waals surface area contributed by atoms with E-state index in [0.717, 1.165) is 22.3 Å². The second-order valence-electron chi connectivity index (χ2n) is 3.84. The number of ketones is 1. The van der Waals surface area contributed by atoms with E-state index in [2.05, 4.69) is 40.0 Å². The van der Waals surface area contributed by atoms with Gasteiger partial charge in [-0.1, -0.05) is 0 Å². The van der Waals surface area contributed by atoms with Gasteiger partial charge >= 0.3 is 49.4 Å². The molecule has 0 spiro atoms. The number of hydrogen-bond acceptors (Lipinski definition) is 2. The summed E-state index contributed by atoms with van der Waals surface area (Å²) in [7, 11) is 0.628. The molecule has 0 heterocycles. The van der Waals surface area contributed by atoms with Crippen LogP contribution in [0.5, 0.6) is 5.75 Å². The Balaban J connectivity index is 0.000000770. The van der Waals surface area contributed by atoms with Crippen molar-refractivity contribution in [1.82, 2.24) is 0 Å². The number of halogens is 2. The summed E-state index contributed by atoms with van der Waals surface area (Å²) < 4.78 is 0. The molecule has 0 atom stereocenters. The second kappa shape index (κ2) is 8.02. The van der Waals surface area contributed by atoms with Crippen LogP contribution in [0, 0.1) is 27.7 Å². The zero-order valence-corrected chi connectivity index (χ0v) is 16.3. The van der Waals surface area contributed by atoms with Crippen molar-refractivity contribution < 1.29 is 19.4 Å². The molecule has 1 aromatic carbocycles. The minimum absolute atomic E-state index is 0.0776. The number of hydrogen-bond donors (Lipinski definition) is 1. The van der Waals surface area contributed by atoms with Gasteiger partial charge in [0.1, 0.15) is 5.75 Å². The SMILES string of the molecule is CC(=O)c1c(C)c(C)c(C)c(C)c1O.[I][V][I]. The van der Waals surface area contributed by atoms with Gasteiger partial charge in [0.25, 0.3) is 0 Å². The van der Waals surface area contributed by atoms with Crippen LogP contribution in [-0.2, 0) is 9.47 Å². The number of phenols is 1. The molecule has 1 rings (SSSR count). The van der Waals surface area contributed by atoms with Crippen molar-refractivity contribution in [3.8, 4) is 5.75 Å². The van der Waals surface area contributed by atoms with Crippen LogP contribution in [0.1, 0.15) is 39.5 Å². The molecule has 0 amide bonds. The summed E-state index contributed by atoms with van der Waals surface area (Å²) in [5.74, 6) is 0.0595. The van der Waals surface area contributed by atoms with Crippen LogP contribution in [0.4, 0.5) is 0 Å². The Morgan fingerprint density at radius 1 is 1.00 bits per heavy atom. The van der Waals surface area contributed by atoms with E-state index in [1.165, 1.54) is 6.92 Å². The van der Waals surface area contributed by atoms with Gasteiger partial charge in [-0.3, -0.25) is 4.79 Å². The average Bonchev–Trinajstić information content (AvgIpc) is 2.24. The van der Waals surface area contributed by atoms with E-state index in [1.807, 2.05) is 27.7 Å². The summed E-state index contributed by atoms with van der Waals surface area (Å²) in [5.41, 5.74) is 4.30. The second-order valence-corrected chi connectivity index (χ2v) is 15.6. The maximum atomic E-state index is 11.3. The monoisotopic (exact) mass is 497 g/mol. The molecule has 95 valence electrons. The normalized spacial score (nSPS) is 9.35. The van der Waals surface area contributed by atoms with Crippen LogP contribution >= 0.6 is 40.0 Å². The number of carbonyl (C=O) groups excluding carboxylic acids is 1. The first-order valence-electron chi connectivity index (χ1n) is 5.02. The third-order valence-electron chi connectivity index (χ3n) is 3.01. The van der Waals surface area contributed by atoms with Crippen molar-refractivity contribution in [2.75, 3.05) is 0 Å². The van der Waals surface area contributed by atoms with Gasteiger partial charge in [-0.15, -0.1) is 0 Å². The van der Waals surface area contributed by atoms with E-state index in [9.17, 15) is 9.90 Å². The number of Topliss-reactive ketones (excluding diaryl/α,β-unsaturated/α-hetero) is 1. The van der Waals surface area contributed by atoms with Crippen molar-refractivity contribution in [2.45, 2.75) is 34.6 Å². The van der Waals surface area contributed by atoms with E-state index in [1.54, 1.807) is 0 Å². The number of rotatable bonds is 1. The molecule has 0 saturated heterocycles. The topological polar surface area (TPSA) is 37.3 Å². The summed E-state index contributed by atoms with van der Waals surface area (Å²) in [6.45, 7) is 9.13. The number of carbonyl (C=O) groups is 1. The average molecular weight is 497 g/mol. The van der Waals surface area contributed by atoms with Gasteiger partial charge in [0.2, 0.25) is 0 Å². The van der Waals surface area contributed by atoms with E-state index >= 15 is 0 Å². The van der Waals surface area contributed by atoms with Crippen LogP contribution in [0.3, 0.4) is 0 Å². The van der Waals surface area contributed by atoms with E-state index in [0.29, 0.717) is 15.0 Å². The Labute approximate surface area is 132 Å². The van der Waals surface area contributed by atoms with Crippen LogP contribution in [0.15, 0.2) is 0 Å². The Morgan fingerprint density at radius 2 is 1.35 bits per heavy atom. The summed E-state index contributed by atoms with van der Waals surface area (Å²) in [4.78, 5) is 11.3. The summed E-state index contributed by atoms with van der Waals surface area (Å²) in [5, 5.41) is 9.83. The fraction of sp³-hybridized carbons (Fsp3) is 0.417. The van der Waals surface area contributed by atoms with E-state index < -0.39 is 0 Å². The molecule has 0 aromatic heterocycles. The molecule has 0 aliphatic rings. The number of benzene rings is 1. The van der Waals surface area contributed by atoms with Crippen molar-refractivity contribution in [3.63, 3.8) is 0 Å². The molecule has 0 saturated carbocycles. The molecule has 0 bridgehead atoms. The van der Waals surface area contributed by atoms with Crippen molar-refractivity contribution in [1.29, 1.82) is 0 Å². The number of phenolic OH excluding ortho intramolecular Hbond substituents is 1. The molecule has 0 unspecified atom stereocenters. The predicted octanol–water partition coefficient (Wildman–Crippen LogP) is 4.60. The van der Waals surface area contributed by atoms with Crippen molar-refractivity contribution >= 4 is 45.7 Å². The molecule has 1 N–H and O–H groups in total. The molecule has 0 aliphatic heterocycles. The van der Waals surface area contributed by atoms with Gasteiger partial charge < -0.3 is 5.11 Å². The van der Waals surface area contributed by atoms with Crippen LogP contribution in [0.25, 0.3) is 0 Å². The van der Waals surface area contributed by atoms with Gasteiger partial charge in [-0.05, 0) is 56.9 Å². The Bertz CT molecular complexity index is 402. The van der Waals surface area contributed by atoms with Gasteiger partial charge in [0, 0.05) is 0 Å². The zero-order chi connectivity index (χ0) is 13.7. The molecule has 0 fully saturated rings. The molecule has 17 heavy (non-hydrogen) atoms. The molecule has 5 heteroatoms. The van der Waals surface area contributed by atoms with Gasteiger partial charge in [-0.25, -0.2) is 0 Å². The standard InChI is InChI=1S/C12H16O2.2HI.V/c1-6-7(2)9(4)12(14)11(8(6)3)10(5)13;;;/h14H,1-5H3;2*1H;/q;;;+2/p-2. The quantitative estimate of drug-likeness (QED) is 0.456. The molecule has 0 radical (unpaired) electrons. The van der Waals surface area contributed by atoms with E-state index in [4.69, 9.17) is 0 Å². The first-order valence-corrected chi connectivity index (χ1v) is 14.0. The third kappa shape index (κ3) is 4.40. The van der Waals surface area contributed by atoms with Crippen LogP contribution in [-0.4, -0.2) is 10.9 Å². The van der Waals surface area contributed by atoms with Crippen LogP contribution < -0.4 is 0 Å². The first kappa shape index (κ1) is 17.7. The minimum atomic E-state index is -0.0776. The summed E-state index contributed by atoms with van der Waals surface area (Å²) in [6, 6.07) is 0. The predicted molar refractivity (Wildman–Crippen MR) is 85.1 cm³/mol. The maximum absolute atomic E-state index is 11.3. The molecule has 1 aromatic rings. The van der Waals surface area contributed by atoms with E-state index in [-0.39, 0.29) is 11.5 Å². The van der Waals surface area contributed by atoms with Crippen molar-refractivity contribution in [2.24, 2.45) is 0 Å². The zero-order valence-electron chi connectivity index (χ0n) is 10.6. The molecule has 2 nitrogen and oxygen atoms in total. The van der Waals surface area contributed by atoms with Gasteiger partial charge in [-0.2, -0.15) is 0 Å². The Hall–Kier alpha value is 0.734. The van der Waals surface area contributed by atoms with Gasteiger partial charge in [0.05, 0.1) is 5.56 Å². The Morgan fingerprint density at radius 3 is 1.71 bits per heavy atom. The molecular weight excluding hydrogens is 481 g/mol. The van der Waals surface area contributed by atoms with Crippen LogP contribution in [0.2, 0.25) is 0 Å². The summed E-state index contributed by atoms with van der Waals surface area (Å²) in [6.07, 6.45) is 0. The number of aromatic hydroxyl groups is 1. The summed E-state index contributed by atoms with van der Waals surface area (Å²) >= 11 is 4.74. The molecular formula is C12H16I2O2V. The van der Waals surface area contributed by atoms with Gasteiger partial charge in [0.15, 0.2) is 5.78 Å². The fourth-order valence-electron chi connectivity index (χ4n) is 1.72. The van der Waals surface area contributed by atoms with Crippen molar-refractivity contribution in [3.05, 3.63) is 27.8 Å².